The largest absolute Gasteiger partial charge is 0.490 e. The molecule has 10 unspecified atom stereocenters. The second kappa shape index (κ2) is 33.4. The molecule has 35 nitrogen and oxygen atoms in total. The molecule has 0 radical (unpaired) electrons. The van der Waals surface area contributed by atoms with E-state index in [1.165, 1.54) is 47.1 Å². The number of carboxylic acid groups (broad SMARTS) is 2. The van der Waals surface area contributed by atoms with Gasteiger partial charge in [0.05, 0.1) is 36.6 Å². The van der Waals surface area contributed by atoms with Gasteiger partial charge in [0.1, 0.15) is 42.5 Å². The highest BCUT2D eigenvalue weighted by atomic mass is 33.1. The number of fused-ring (bicyclic) bond motifs is 1. The molecule has 4 saturated heterocycles. The number of nitrogens with zero attached hydrogens (tertiary/aromatic N) is 5. The Morgan fingerprint density at radius 1 is 0.772 bits per heavy atom. The number of amides is 7. The fourth-order valence-corrected chi connectivity index (χ4v) is 16.6. The molecule has 2 aromatic rings. The summed E-state index contributed by atoms with van der Waals surface area (Å²) in [7, 11) is -14.3. The van der Waals surface area contributed by atoms with Crippen LogP contribution in [0.3, 0.4) is 0 Å². The van der Waals surface area contributed by atoms with Crippen molar-refractivity contribution in [1.29, 1.82) is 0 Å². The van der Waals surface area contributed by atoms with Crippen molar-refractivity contribution >= 4 is 115 Å². The Morgan fingerprint density at radius 2 is 1.40 bits per heavy atom. The summed E-state index contributed by atoms with van der Waals surface area (Å²) in [6.45, 7) is -0.166. The Hall–Kier alpha value is -5.96. The Morgan fingerprint density at radius 3 is 2.07 bits per heavy atom. The van der Waals surface area contributed by atoms with Gasteiger partial charge < -0.3 is 85.9 Å². The molecule has 0 aromatic carbocycles. The molecule has 7 rings (SSSR count). The summed E-state index contributed by atoms with van der Waals surface area (Å²) in [5, 5.41) is 40.1. The number of hydrogen-bond donors (Lipinski definition) is 13. The van der Waals surface area contributed by atoms with Crippen molar-refractivity contribution in [1.82, 2.24) is 50.5 Å². The molecular formula is C52H76N11O24P3S2. The summed E-state index contributed by atoms with van der Waals surface area (Å²) in [6.07, 6.45) is 4.14. The summed E-state index contributed by atoms with van der Waals surface area (Å²) >= 11 is 0. The highest BCUT2D eigenvalue weighted by Crippen LogP contribution is 2.66. The zero-order valence-corrected chi connectivity index (χ0v) is 54.0. The van der Waals surface area contributed by atoms with Crippen molar-refractivity contribution in [3.05, 3.63) is 22.1 Å². The van der Waals surface area contributed by atoms with Crippen LogP contribution in [0.25, 0.3) is 11.0 Å². The van der Waals surface area contributed by atoms with Gasteiger partial charge in [-0.25, -0.2) is 18.5 Å². The van der Waals surface area contributed by atoms with Gasteiger partial charge in [-0.3, -0.25) is 52.7 Å². The van der Waals surface area contributed by atoms with E-state index in [1.807, 2.05) is 0 Å². The number of nitrogens with two attached hydrogens (primary N) is 1. The van der Waals surface area contributed by atoms with Gasteiger partial charge in [0.2, 0.25) is 47.3 Å². The number of hydrogen-bond acceptors (Lipinski definition) is 22. The van der Waals surface area contributed by atoms with E-state index < -0.39 is 126 Å². The van der Waals surface area contributed by atoms with Gasteiger partial charge in [0, 0.05) is 69.1 Å². The number of ether oxygens (including phenoxy) is 1. The van der Waals surface area contributed by atoms with Crippen molar-refractivity contribution in [3.8, 4) is 11.8 Å². The second-order valence-electron chi connectivity index (χ2n) is 22.4. The number of likely N-dealkylation sites (tertiary alicyclic amines) is 3. The summed E-state index contributed by atoms with van der Waals surface area (Å²) < 4.78 is 53.9. The molecule has 7 amide bonds. The molecule has 1 aliphatic carbocycles. The third-order valence-electron chi connectivity index (χ3n) is 15.9. The van der Waals surface area contributed by atoms with Crippen LogP contribution < -0.4 is 32.6 Å². The number of phosphoric ester groups is 1. The summed E-state index contributed by atoms with van der Waals surface area (Å²) in [6, 6.07) is -5.90. The van der Waals surface area contributed by atoms with Crippen LogP contribution in [0.1, 0.15) is 127 Å². The molecule has 2 aromatic heterocycles. The highest BCUT2D eigenvalue weighted by molar-refractivity contribution is 8.76. The molecule has 510 valence electrons. The number of carbonyl (C=O) groups is 9. The SMILES string of the molecule is Nc1nc2c(c(C#CCNC(=O)CCSSCCC(=O)N3CCCC3C(=O)N3CCCC3C(=O)NC(CCCCNC(=O)C3CCCCC3)C(=O)N3CCCC3C(=O)NC(CC(=O)O)C(=O)O)cn2C2CC(O)C(COP(=O)(O)OP(=O)(O)OP(=O)(O)O)O2)c(=O)[nH]1. The Kier molecular flexibility index (Phi) is 26.7. The number of nitrogens with one attached hydrogen (secondary N) is 5. The fourth-order valence-electron chi connectivity index (χ4n) is 11.6. The standard InChI is InChI=1S/C52H76N11O24P3S2/c53-52-58-44-43(48(72)59-52)31(28-63(44)41-27-37(64)38(85-41)29-84-89(80,81)87-90(82,83)86-88(77,78)79)12-6-20-54-39(65)17-24-91-92-25-18-40(66)60-21-9-16-36(60)50(74)62-23-8-15-35(62)46(70)56-32(13-4-5-19-55-45(69)30-10-2-1-3-11-30)49(73)61-22-7-14-34(61)47(71)57-33(51(75)76)26-42(67)68/h28,30,32-38,41,64H,1-5,7-11,13-27,29H2,(H,54,65)(H,55,69)(H,56,70)(H,57,71)(H,67,68)(H,75,76)(H,80,81)(H,82,83)(H2,77,78,79)(H3,53,58,59,72). The van der Waals surface area contributed by atoms with Crippen molar-refractivity contribution in [2.24, 2.45) is 5.92 Å². The zero-order chi connectivity index (χ0) is 67.1. The van der Waals surface area contributed by atoms with E-state index in [0.29, 0.717) is 63.1 Å². The number of rotatable bonds is 31. The number of carbonyl (C=O) groups excluding carboxylic acids is 7. The van der Waals surface area contributed by atoms with Gasteiger partial charge >= 0.3 is 35.4 Å². The van der Waals surface area contributed by atoms with E-state index in [4.69, 9.17) is 20.3 Å². The lowest BCUT2D eigenvalue weighted by Gasteiger charge is -2.33. The Bertz CT molecular complexity index is 3340. The number of anilines is 1. The predicted molar refractivity (Wildman–Crippen MR) is 325 cm³/mol. The van der Waals surface area contributed by atoms with E-state index in [9.17, 15) is 86.7 Å². The predicted octanol–water partition coefficient (Wildman–Crippen LogP) is 0.297. The first-order valence-electron chi connectivity index (χ1n) is 29.8. The molecule has 4 aliphatic heterocycles. The molecule has 1 saturated carbocycles. The number of aromatic nitrogens is 3. The van der Waals surface area contributed by atoms with Crippen LogP contribution in [-0.4, -0.2) is 211 Å². The van der Waals surface area contributed by atoms with Crippen LogP contribution in [0.15, 0.2) is 11.0 Å². The first kappa shape index (κ1) is 73.5. The number of H-pyrrole nitrogens is 1. The van der Waals surface area contributed by atoms with Crippen molar-refractivity contribution in [2.75, 3.05) is 56.6 Å². The van der Waals surface area contributed by atoms with Crippen LogP contribution in [0.5, 0.6) is 0 Å². The van der Waals surface area contributed by atoms with E-state index in [-0.39, 0.29) is 104 Å². The minimum atomic E-state index is -5.82. The zero-order valence-electron chi connectivity index (χ0n) is 49.7. The fraction of sp³-hybridized carbons (Fsp3) is 0.673. The molecule has 0 bridgehead atoms. The second-order valence-corrected chi connectivity index (χ2v) is 29.6. The summed E-state index contributed by atoms with van der Waals surface area (Å²) in [4.78, 5) is 179. The lowest BCUT2D eigenvalue weighted by atomic mass is 9.88. The molecule has 0 spiro atoms. The van der Waals surface area contributed by atoms with Crippen LogP contribution in [0.2, 0.25) is 0 Å². The smallest absolute Gasteiger partial charge is 0.481 e. The van der Waals surface area contributed by atoms with Crippen molar-refractivity contribution < 1.29 is 110 Å². The number of phosphoric acid groups is 3. The van der Waals surface area contributed by atoms with Gasteiger partial charge in [-0.05, 0) is 70.6 Å². The maximum atomic E-state index is 14.4. The minimum Gasteiger partial charge on any atom is -0.481 e. The van der Waals surface area contributed by atoms with E-state index in [0.717, 1.165) is 32.1 Å². The third-order valence-corrected chi connectivity index (χ3v) is 22.1. The Labute approximate surface area is 533 Å². The number of aromatic amines is 1. The van der Waals surface area contributed by atoms with Gasteiger partial charge in [-0.2, -0.15) is 13.6 Å². The summed E-state index contributed by atoms with van der Waals surface area (Å²) in [5.41, 5.74) is 5.15. The lowest BCUT2D eigenvalue weighted by molar-refractivity contribution is -0.149. The quantitative estimate of drug-likeness (QED) is 0.0209. The van der Waals surface area contributed by atoms with Crippen LogP contribution in [-0.2, 0) is 74.7 Å². The molecule has 6 heterocycles. The third kappa shape index (κ3) is 21.0. The molecule has 5 fully saturated rings. The van der Waals surface area contributed by atoms with Gasteiger partial charge in [-0.15, -0.1) is 0 Å². The number of aliphatic hydroxyl groups excluding tert-OH is 1. The summed E-state index contributed by atoms with van der Waals surface area (Å²) in [5.74, 6) is -0.329. The van der Waals surface area contributed by atoms with Crippen LogP contribution in [0, 0.1) is 17.8 Å². The maximum Gasteiger partial charge on any atom is 0.490 e. The molecule has 14 N–H and O–H groups in total. The van der Waals surface area contributed by atoms with Gasteiger partial charge in [-0.1, -0.05) is 52.7 Å². The number of unbranched alkanes of at least 4 members (excludes halogenated alkanes) is 1. The van der Waals surface area contributed by atoms with Crippen molar-refractivity contribution in [3.63, 3.8) is 0 Å². The number of aliphatic hydroxyl groups is 1. The first-order chi connectivity index (χ1) is 43.5. The maximum absolute atomic E-state index is 14.4. The van der Waals surface area contributed by atoms with Crippen LogP contribution >= 0.6 is 45.1 Å². The number of aliphatic carboxylic acids is 2. The monoisotopic (exact) mass is 1400 g/mol. The average molecular weight is 1400 g/mol. The van der Waals surface area contributed by atoms with E-state index >= 15 is 0 Å². The molecule has 92 heavy (non-hydrogen) atoms. The van der Waals surface area contributed by atoms with E-state index in [1.54, 1.807) is 0 Å². The highest BCUT2D eigenvalue weighted by Gasteiger charge is 2.46. The number of nitrogen functional groups attached to an aromatic ring is 1. The van der Waals surface area contributed by atoms with E-state index in [2.05, 4.69) is 56.2 Å². The first-order valence-corrected chi connectivity index (χ1v) is 36.8. The Balaban J connectivity index is 0.863. The molecule has 40 heteroatoms. The molecular weight excluding hydrogens is 1320 g/mol. The van der Waals surface area contributed by atoms with Gasteiger partial charge in [0.25, 0.3) is 5.56 Å². The molecule has 10 atom stereocenters. The molecule has 5 aliphatic rings. The average Bonchev–Trinajstić information content (AvgIpc) is 1.62. The van der Waals surface area contributed by atoms with Gasteiger partial charge in [0.15, 0.2) is 5.65 Å². The lowest BCUT2D eigenvalue weighted by Crippen LogP contribution is -2.58. The van der Waals surface area contributed by atoms with Crippen molar-refractivity contribution in [2.45, 2.75) is 164 Å². The number of carboxylic acids is 2. The normalized spacial score (nSPS) is 23.0. The minimum absolute atomic E-state index is 0.0290. The topological polar surface area (TPSA) is 518 Å². The van der Waals surface area contributed by atoms with Crippen LogP contribution in [0.4, 0.5) is 5.95 Å².